The first-order chi connectivity index (χ1) is 11.9. The smallest absolute Gasteiger partial charge is 0.255 e. The van der Waals surface area contributed by atoms with E-state index in [9.17, 15) is 9.59 Å². The number of carbonyl (C=O) groups excluding carboxylic acids is 1. The molecule has 1 amide bonds. The molecule has 6 heteroatoms. The molecule has 0 spiro atoms. The molecule has 1 fully saturated rings. The van der Waals surface area contributed by atoms with Crippen molar-refractivity contribution >= 4 is 17.5 Å². The van der Waals surface area contributed by atoms with Gasteiger partial charge in [-0.05, 0) is 56.9 Å². The number of hydrogen-bond acceptors (Lipinski definition) is 4. The summed E-state index contributed by atoms with van der Waals surface area (Å²) in [5.41, 5.74) is 3.52. The minimum Gasteiger partial charge on any atom is -0.342 e. The van der Waals surface area contributed by atoms with Crippen LogP contribution in [-0.4, -0.2) is 28.5 Å². The molecule has 25 heavy (non-hydrogen) atoms. The normalized spacial score (nSPS) is 14.0. The molecule has 0 bridgehead atoms. The lowest BCUT2D eigenvalue weighted by Crippen LogP contribution is -2.34. The van der Waals surface area contributed by atoms with Crippen LogP contribution < -0.4 is 15.8 Å². The van der Waals surface area contributed by atoms with Gasteiger partial charge in [-0.1, -0.05) is 6.07 Å². The van der Waals surface area contributed by atoms with Crippen LogP contribution in [0.2, 0.25) is 0 Å². The Kier molecular flexibility index (Phi) is 4.88. The molecule has 1 aliphatic rings. The predicted molar refractivity (Wildman–Crippen MR) is 99.2 cm³/mol. The molecule has 3 rings (SSSR count). The third-order valence-electron chi connectivity index (χ3n) is 4.60. The maximum Gasteiger partial charge on any atom is 0.255 e. The number of aryl methyl sites for hydroxylation is 3. The Balaban J connectivity index is 1.82. The van der Waals surface area contributed by atoms with E-state index < -0.39 is 0 Å². The van der Waals surface area contributed by atoms with Crippen LogP contribution in [-0.2, 0) is 11.3 Å². The van der Waals surface area contributed by atoms with Gasteiger partial charge < -0.3 is 10.2 Å². The summed E-state index contributed by atoms with van der Waals surface area (Å²) in [5, 5.41) is 2.87. The monoisotopic (exact) mass is 340 g/mol. The summed E-state index contributed by atoms with van der Waals surface area (Å²) in [6.45, 7) is 7.54. The van der Waals surface area contributed by atoms with Gasteiger partial charge in [0, 0.05) is 30.5 Å². The minimum atomic E-state index is -0.226. The van der Waals surface area contributed by atoms with E-state index in [1.165, 1.54) is 16.2 Å². The number of benzene rings is 1. The molecule has 6 nitrogen and oxygen atoms in total. The molecule has 2 aromatic rings. The molecule has 1 aliphatic heterocycles. The van der Waals surface area contributed by atoms with Crippen LogP contribution in [0.5, 0.6) is 0 Å². The van der Waals surface area contributed by atoms with Gasteiger partial charge in [0.25, 0.3) is 5.56 Å². The molecule has 0 unspecified atom stereocenters. The highest BCUT2D eigenvalue weighted by atomic mass is 16.2. The van der Waals surface area contributed by atoms with Gasteiger partial charge in [-0.2, -0.15) is 0 Å². The van der Waals surface area contributed by atoms with E-state index in [4.69, 9.17) is 0 Å². The van der Waals surface area contributed by atoms with Crippen LogP contribution in [0.25, 0.3) is 0 Å². The Morgan fingerprint density at radius 3 is 2.52 bits per heavy atom. The summed E-state index contributed by atoms with van der Waals surface area (Å²) in [5.74, 6) is 0.370. The summed E-state index contributed by atoms with van der Waals surface area (Å²) in [4.78, 5) is 31.5. The molecule has 1 aromatic carbocycles. The molecular weight excluding hydrogens is 316 g/mol. The SMILES string of the molecule is Cc1cc(=O)n(CC(=O)Nc2ccc(C)c(C)c2)c(N2CCCC2)n1. The zero-order valence-corrected chi connectivity index (χ0v) is 15.0. The molecule has 1 aromatic heterocycles. The molecule has 132 valence electrons. The highest BCUT2D eigenvalue weighted by Gasteiger charge is 2.20. The number of anilines is 2. The lowest BCUT2D eigenvalue weighted by atomic mass is 10.1. The van der Waals surface area contributed by atoms with Gasteiger partial charge in [0.15, 0.2) is 0 Å². The van der Waals surface area contributed by atoms with Crippen LogP contribution in [0.15, 0.2) is 29.1 Å². The third-order valence-corrected chi connectivity index (χ3v) is 4.60. The van der Waals surface area contributed by atoms with Crippen molar-refractivity contribution in [3.63, 3.8) is 0 Å². The van der Waals surface area contributed by atoms with Crippen LogP contribution in [0, 0.1) is 20.8 Å². The van der Waals surface area contributed by atoms with Crippen molar-refractivity contribution in [1.82, 2.24) is 9.55 Å². The highest BCUT2D eigenvalue weighted by Crippen LogP contribution is 2.18. The van der Waals surface area contributed by atoms with Crippen molar-refractivity contribution in [2.24, 2.45) is 0 Å². The molecule has 0 saturated carbocycles. The quantitative estimate of drug-likeness (QED) is 0.928. The molecule has 2 heterocycles. The summed E-state index contributed by atoms with van der Waals surface area (Å²) >= 11 is 0. The van der Waals surface area contributed by atoms with Crippen LogP contribution in [0.1, 0.15) is 29.7 Å². The fraction of sp³-hybridized carbons (Fsp3) is 0.421. The van der Waals surface area contributed by atoms with E-state index in [2.05, 4.69) is 15.2 Å². The van der Waals surface area contributed by atoms with Gasteiger partial charge in [0.2, 0.25) is 11.9 Å². The standard InChI is InChI=1S/C19H24N4O2/c1-13-6-7-16(10-14(13)2)21-17(24)12-23-18(25)11-15(3)20-19(23)22-8-4-5-9-22/h6-7,10-11H,4-5,8-9,12H2,1-3H3,(H,21,24). The van der Waals surface area contributed by atoms with E-state index in [-0.39, 0.29) is 18.0 Å². The number of aromatic nitrogens is 2. The fourth-order valence-corrected chi connectivity index (χ4v) is 3.08. The Bertz CT molecular complexity index is 851. The lowest BCUT2D eigenvalue weighted by Gasteiger charge is -2.21. The van der Waals surface area contributed by atoms with Crippen molar-refractivity contribution in [3.05, 3.63) is 51.4 Å². The average Bonchev–Trinajstić information content (AvgIpc) is 3.07. The van der Waals surface area contributed by atoms with Crippen LogP contribution >= 0.6 is 0 Å². The van der Waals surface area contributed by atoms with Gasteiger partial charge in [-0.15, -0.1) is 0 Å². The van der Waals surface area contributed by atoms with Crippen molar-refractivity contribution in [1.29, 1.82) is 0 Å². The minimum absolute atomic E-state index is 0.0368. The topological polar surface area (TPSA) is 67.2 Å². The first-order valence-corrected chi connectivity index (χ1v) is 8.64. The summed E-state index contributed by atoms with van der Waals surface area (Å²) in [6, 6.07) is 7.26. The van der Waals surface area contributed by atoms with Gasteiger partial charge >= 0.3 is 0 Å². The van der Waals surface area contributed by atoms with Gasteiger partial charge in [0.1, 0.15) is 6.54 Å². The number of carbonyl (C=O) groups is 1. The van der Waals surface area contributed by atoms with E-state index in [1.807, 2.05) is 32.0 Å². The van der Waals surface area contributed by atoms with Crippen LogP contribution in [0.3, 0.4) is 0 Å². The molecule has 1 saturated heterocycles. The van der Waals surface area contributed by atoms with E-state index >= 15 is 0 Å². The number of nitrogens with zero attached hydrogens (tertiary/aromatic N) is 3. The van der Waals surface area contributed by atoms with E-state index in [0.717, 1.165) is 37.2 Å². The number of nitrogens with one attached hydrogen (secondary N) is 1. The Morgan fingerprint density at radius 2 is 1.84 bits per heavy atom. The third kappa shape index (κ3) is 3.90. The number of amides is 1. The first kappa shape index (κ1) is 17.2. The van der Waals surface area contributed by atoms with Crippen molar-refractivity contribution in [2.45, 2.75) is 40.2 Å². The molecule has 1 N–H and O–H groups in total. The zero-order chi connectivity index (χ0) is 18.0. The first-order valence-electron chi connectivity index (χ1n) is 8.64. The van der Waals surface area contributed by atoms with Gasteiger partial charge in [-0.25, -0.2) is 4.98 Å². The Labute approximate surface area is 147 Å². The maximum absolute atomic E-state index is 12.5. The predicted octanol–water partition coefficient (Wildman–Crippen LogP) is 2.41. The van der Waals surface area contributed by atoms with Crippen molar-refractivity contribution in [3.8, 4) is 0 Å². The summed E-state index contributed by atoms with van der Waals surface area (Å²) < 4.78 is 1.47. The second kappa shape index (κ2) is 7.09. The zero-order valence-electron chi connectivity index (χ0n) is 15.0. The highest BCUT2D eigenvalue weighted by molar-refractivity contribution is 5.90. The van der Waals surface area contributed by atoms with Crippen LogP contribution in [0.4, 0.5) is 11.6 Å². The maximum atomic E-state index is 12.5. The molecule has 0 aliphatic carbocycles. The van der Waals surface area contributed by atoms with Crippen molar-refractivity contribution in [2.75, 3.05) is 23.3 Å². The number of rotatable bonds is 4. The molecule has 0 atom stereocenters. The summed E-state index contributed by atoms with van der Waals surface area (Å²) in [6.07, 6.45) is 2.16. The van der Waals surface area contributed by atoms with Gasteiger partial charge in [-0.3, -0.25) is 14.2 Å². The van der Waals surface area contributed by atoms with E-state index in [0.29, 0.717) is 11.6 Å². The second-order valence-electron chi connectivity index (χ2n) is 6.66. The molecular formula is C19H24N4O2. The Hall–Kier alpha value is -2.63. The summed E-state index contributed by atoms with van der Waals surface area (Å²) in [7, 11) is 0. The molecule has 0 radical (unpaired) electrons. The number of hydrogen-bond donors (Lipinski definition) is 1. The average molecular weight is 340 g/mol. The van der Waals surface area contributed by atoms with Gasteiger partial charge in [0.05, 0.1) is 0 Å². The second-order valence-corrected chi connectivity index (χ2v) is 6.66. The van der Waals surface area contributed by atoms with Crippen molar-refractivity contribution < 1.29 is 4.79 Å². The Morgan fingerprint density at radius 1 is 1.12 bits per heavy atom. The lowest BCUT2D eigenvalue weighted by molar-refractivity contribution is -0.116. The fourth-order valence-electron chi connectivity index (χ4n) is 3.08. The largest absolute Gasteiger partial charge is 0.342 e. The van der Waals surface area contributed by atoms with E-state index in [1.54, 1.807) is 6.92 Å².